The summed E-state index contributed by atoms with van der Waals surface area (Å²) in [6.45, 7) is 4.51. The Balaban J connectivity index is 1.52. The van der Waals surface area contributed by atoms with Crippen molar-refractivity contribution in [3.05, 3.63) is 42.4 Å². The molecule has 2 aromatic rings. The highest BCUT2D eigenvalue weighted by Gasteiger charge is 2.23. The van der Waals surface area contributed by atoms with Crippen LogP contribution in [0.2, 0.25) is 0 Å². The van der Waals surface area contributed by atoms with Crippen molar-refractivity contribution in [3.63, 3.8) is 0 Å². The fourth-order valence-electron chi connectivity index (χ4n) is 2.78. The second-order valence-electron chi connectivity index (χ2n) is 6.49. The number of piperazine rings is 1. The number of pyridine rings is 1. The number of amides is 1. The van der Waals surface area contributed by atoms with Gasteiger partial charge in [0.15, 0.2) is 0 Å². The van der Waals surface area contributed by atoms with Gasteiger partial charge in [-0.3, -0.25) is 4.79 Å². The van der Waals surface area contributed by atoms with Gasteiger partial charge in [-0.05, 0) is 32.3 Å². The van der Waals surface area contributed by atoms with Crippen molar-refractivity contribution in [2.24, 2.45) is 0 Å². The Morgan fingerprint density at radius 3 is 2.46 bits per heavy atom. The van der Waals surface area contributed by atoms with Crippen molar-refractivity contribution < 1.29 is 4.79 Å². The van der Waals surface area contributed by atoms with Gasteiger partial charge in [0.25, 0.3) is 5.91 Å². The Bertz CT molecular complexity index is 697. The first-order valence-electron chi connectivity index (χ1n) is 8.79. The maximum atomic E-state index is 12.7. The van der Waals surface area contributed by atoms with Gasteiger partial charge in [0.05, 0.1) is 5.56 Å². The molecule has 0 saturated carbocycles. The van der Waals surface area contributed by atoms with Crippen molar-refractivity contribution in [3.8, 4) is 0 Å². The molecule has 0 radical (unpaired) electrons. The van der Waals surface area contributed by atoms with E-state index in [4.69, 9.17) is 0 Å². The second-order valence-corrected chi connectivity index (χ2v) is 6.49. The summed E-state index contributed by atoms with van der Waals surface area (Å²) in [4.78, 5) is 31.6. The molecular weight excluding hydrogens is 330 g/mol. The van der Waals surface area contributed by atoms with Crippen LogP contribution in [0, 0.1) is 0 Å². The van der Waals surface area contributed by atoms with E-state index in [9.17, 15) is 4.79 Å². The lowest BCUT2D eigenvalue weighted by Gasteiger charge is -2.34. The summed E-state index contributed by atoms with van der Waals surface area (Å²) in [7, 11) is 4.06. The van der Waals surface area contributed by atoms with E-state index in [0.717, 1.165) is 37.9 Å². The lowest BCUT2D eigenvalue weighted by atomic mass is 10.2. The van der Waals surface area contributed by atoms with Gasteiger partial charge in [-0.15, -0.1) is 0 Å². The number of nitrogens with one attached hydrogen (secondary N) is 1. The van der Waals surface area contributed by atoms with Crippen LogP contribution in [0.25, 0.3) is 0 Å². The molecule has 0 aromatic carbocycles. The van der Waals surface area contributed by atoms with Crippen molar-refractivity contribution in [1.29, 1.82) is 0 Å². The average Bonchev–Trinajstić information content (AvgIpc) is 2.68. The minimum Gasteiger partial charge on any atom is -0.369 e. The third-order valence-corrected chi connectivity index (χ3v) is 4.28. The molecule has 0 aliphatic carbocycles. The molecule has 26 heavy (non-hydrogen) atoms. The molecule has 2 aromatic heterocycles. The summed E-state index contributed by atoms with van der Waals surface area (Å²) < 4.78 is 0. The highest BCUT2D eigenvalue weighted by atomic mass is 16.2. The standard InChI is InChI=1S/C18H25N7O/c1-23(2)9-8-19-16-5-4-15(14-22-16)17(26)24-10-12-25(13-11-24)18-20-6-3-7-21-18/h3-7,14H,8-13H2,1-2H3,(H,19,22). The first-order valence-corrected chi connectivity index (χ1v) is 8.79. The zero-order valence-electron chi connectivity index (χ0n) is 15.3. The van der Waals surface area contributed by atoms with Crippen molar-refractivity contribution >= 4 is 17.7 Å². The van der Waals surface area contributed by atoms with Gasteiger partial charge in [-0.2, -0.15) is 0 Å². The van der Waals surface area contributed by atoms with Crippen LogP contribution in [-0.4, -0.2) is 84.0 Å². The molecule has 3 heterocycles. The molecule has 8 heteroatoms. The lowest BCUT2D eigenvalue weighted by Crippen LogP contribution is -2.49. The maximum absolute atomic E-state index is 12.7. The molecule has 1 aliphatic rings. The summed E-state index contributed by atoms with van der Waals surface area (Å²) in [6.07, 6.45) is 5.12. The molecule has 0 bridgehead atoms. The third-order valence-electron chi connectivity index (χ3n) is 4.28. The quantitative estimate of drug-likeness (QED) is 0.821. The van der Waals surface area contributed by atoms with Gasteiger partial charge in [0, 0.05) is 57.9 Å². The predicted octanol–water partition coefficient (Wildman–Crippen LogP) is 0.807. The first kappa shape index (κ1) is 18.1. The summed E-state index contributed by atoms with van der Waals surface area (Å²) in [6, 6.07) is 5.49. The molecular formula is C18H25N7O. The van der Waals surface area contributed by atoms with E-state index in [0.29, 0.717) is 18.7 Å². The molecule has 0 atom stereocenters. The maximum Gasteiger partial charge on any atom is 0.255 e. The van der Waals surface area contributed by atoms with Crippen molar-refractivity contribution in [2.75, 3.05) is 63.6 Å². The topological polar surface area (TPSA) is 77.5 Å². The van der Waals surface area contributed by atoms with Crippen LogP contribution < -0.4 is 10.2 Å². The Morgan fingerprint density at radius 1 is 1.12 bits per heavy atom. The zero-order valence-corrected chi connectivity index (χ0v) is 15.3. The number of rotatable bonds is 6. The Labute approximate surface area is 153 Å². The highest BCUT2D eigenvalue weighted by Crippen LogP contribution is 2.13. The largest absolute Gasteiger partial charge is 0.369 e. The number of hydrogen-bond donors (Lipinski definition) is 1. The molecule has 1 fully saturated rings. The number of carbonyl (C=O) groups excluding carboxylic acids is 1. The van der Waals surface area contributed by atoms with Crippen LogP contribution in [-0.2, 0) is 0 Å². The van der Waals surface area contributed by atoms with Crippen LogP contribution in [0.1, 0.15) is 10.4 Å². The van der Waals surface area contributed by atoms with Gasteiger partial charge >= 0.3 is 0 Å². The van der Waals surface area contributed by atoms with E-state index in [1.165, 1.54) is 0 Å². The SMILES string of the molecule is CN(C)CCNc1ccc(C(=O)N2CCN(c3ncccn3)CC2)cn1. The van der Waals surface area contributed by atoms with Gasteiger partial charge < -0.3 is 20.0 Å². The van der Waals surface area contributed by atoms with Gasteiger partial charge in [-0.1, -0.05) is 0 Å². The molecule has 3 rings (SSSR count). The van der Waals surface area contributed by atoms with E-state index in [2.05, 4.69) is 30.1 Å². The molecule has 0 spiro atoms. The average molecular weight is 355 g/mol. The lowest BCUT2D eigenvalue weighted by molar-refractivity contribution is 0.0746. The van der Waals surface area contributed by atoms with Gasteiger partial charge in [0.1, 0.15) is 5.82 Å². The molecule has 1 N–H and O–H groups in total. The van der Waals surface area contributed by atoms with E-state index >= 15 is 0 Å². The number of nitrogens with zero attached hydrogens (tertiary/aromatic N) is 6. The third kappa shape index (κ3) is 4.66. The fraction of sp³-hybridized carbons (Fsp3) is 0.444. The van der Waals surface area contributed by atoms with E-state index in [-0.39, 0.29) is 5.91 Å². The highest BCUT2D eigenvalue weighted by molar-refractivity contribution is 5.94. The Hall–Kier alpha value is -2.74. The summed E-state index contributed by atoms with van der Waals surface area (Å²) in [5, 5.41) is 3.25. The van der Waals surface area contributed by atoms with Gasteiger partial charge in [-0.25, -0.2) is 15.0 Å². The van der Waals surface area contributed by atoms with Crippen LogP contribution in [0.15, 0.2) is 36.8 Å². The van der Waals surface area contributed by atoms with E-state index in [1.54, 1.807) is 24.7 Å². The summed E-state index contributed by atoms with van der Waals surface area (Å²) in [5.41, 5.74) is 0.618. The first-order chi connectivity index (χ1) is 12.6. The normalized spacial score (nSPS) is 14.6. The number of hydrogen-bond acceptors (Lipinski definition) is 7. The summed E-state index contributed by atoms with van der Waals surface area (Å²) in [5.74, 6) is 1.52. The van der Waals surface area contributed by atoms with Gasteiger partial charge in [0.2, 0.25) is 5.95 Å². The van der Waals surface area contributed by atoms with Crippen LogP contribution >= 0.6 is 0 Å². The van der Waals surface area contributed by atoms with Crippen LogP contribution in [0.3, 0.4) is 0 Å². The van der Waals surface area contributed by atoms with Crippen LogP contribution in [0.5, 0.6) is 0 Å². The molecule has 1 aliphatic heterocycles. The molecule has 1 amide bonds. The number of anilines is 2. The smallest absolute Gasteiger partial charge is 0.255 e. The minimum absolute atomic E-state index is 0.0194. The van der Waals surface area contributed by atoms with Crippen LogP contribution in [0.4, 0.5) is 11.8 Å². The van der Waals surface area contributed by atoms with Crippen molar-refractivity contribution in [1.82, 2.24) is 24.8 Å². The number of carbonyl (C=O) groups is 1. The van der Waals surface area contributed by atoms with E-state index < -0.39 is 0 Å². The summed E-state index contributed by atoms with van der Waals surface area (Å²) >= 11 is 0. The van der Waals surface area contributed by atoms with E-state index in [1.807, 2.05) is 31.1 Å². The predicted molar refractivity (Wildman–Crippen MR) is 101 cm³/mol. The number of likely N-dealkylation sites (N-methyl/N-ethyl adjacent to an activating group) is 1. The second kappa shape index (κ2) is 8.57. The number of aromatic nitrogens is 3. The molecule has 138 valence electrons. The van der Waals surface area contributed by atoms with Crippen molar-refractivity contribution in [2.45, 2.75) is 0 Å². The Kier molecular flexibility index (Phi) is 5.96. The fourth-order valence-corrected chi connectivity index (χ4v) is 2.78. The zero-order chi connectivity index (χ0) is 18.4. The Morgan fingerprint density at radius 2 is 1.85 bits per heavy atom. The minimum atomic E-state index is 0.0194. The molecule has 1 saturated heterocycles. The monoisotopic (exact) mass is 355 g/mol. The molecule has 8 nitrogen and oxygen atoms in total. The molecule has 0 unspecified atom stereocenters.